The van der Waals surface area contributed by atoms with Crippen LogP contribution in [0.4, 0.5) is 8.78 Å². The van der Waals surface area contributed by atoms with E-state index in [0.29, 0.717) is 28.4 Å². The van der Waals surface area contributed by atoms with Crippen LogP contribution >= 0.6 is 0 Å². The molecule has 1 atom stereocenters. The van der Waals surface area contributed by atoms with Crippen LogP contribution < -0.4 is 5.32 Å². The summed E-state index contributed by atoms with van der Waals surface area (Å²) in [4.78, 5) is 0. The molecule has 1 fully saturated rings. The van der Waals surface area contributed by atoms with E-state index >= 15 is 0 Å². The number of halogens is 2. The fourth-order valence-electron chi connectivity index (χ4n) is 3.80. The van der Waals surface area contributed by atoms with E-state index in [1.54, 1.807) is 23.6 Å². The smallest absolute Gasteiger partial charge is 0.227 e. The van der Waals surface area contributed by atoms with Crippen molar-refractivity contribution < 1.29 is 22.3 Å². The van der Waals surface area contributed by atoms with E-state index in [1.165, 1.54) is 28.6 Å². The second kappa shape index (κ2) is 6.77. The van der Waals surface area contributed by atoms with Gasteiger partial charge in [0.05, 0.1) is 12.1 Å². The summed E-state index contributed by atoms with van der Waals surface area (Å²) in [5.74, 6) is -1.03. The third-order valence-corrected chi connectivity index (χ3v) is 6.69. The zero-order chi connectivity index (χ0) is 20.1. The Kier molecular flexibility index (Phi) is 4.65. The van der Waals surface area contributed by atoms with Gasteiger partial charge in [-0.1, -0.05) is 0 Å². The molecule has 0 amide bonds. The Morgan fingerprint density at radius 3 is 2.18 bits per heavy atom. The highest BCUT2D eigenvalue weighted by Gasteiger charge is 2.33. The van der Waals surface area contributed by atoms with E-state index in [0.717, 1.165) is 0 Å². The molecule has 1 saturated heterocycles. The molecular weight excluding hydrogens is 388 g/mol. The van der Waals surface area contributed by atoms with Crippen molar-refractivity contribution in [3.63, 3.8) is 0 Å². The van der Waals surface area contributed by atoms with Crippen LogP contribution in [0.1, 0.15) is 6.92 Å². The Hall–Kier alpha value is -2.07. The highest BCUT2D eigenvalue weighted by Crippen LogP contribution is 2.31. The summed E-state index contributed by atoms with van der Waals surface area (Å²) in [5.41, 5.74) is -0.0950. The average molecular weight is 409 g/mol. The number of nitrogens with zero attached hydrogens (tertiary/aromatic N) is 2. The number of hydrogen-bond donors (Lipinski definition) is 2. The second-order valence-electron chi connectivity index (χ2n) is 7.50. The van der Waals surface area contributed by atoms with E-state index in [4.69, 9.17) is 0 Å². The monoisotopic (exact) mass is 409 g/mol. The molecule has 0 spiro atoms. The number of sulfonamides is 1. The maximum atomic E-state index is 13.8. The molecule has 0 radical (unpaired) electrons. The van der Waals surface area contributed by atoms with Crippen LogP contribution in [0.15, 0.2) is 36.4 Å². The highest BCUT2D eigenvalue weighted by molar-refractivity contribution is 7.89. The van der Waals surface area contributed by atoms with Crippen LogP contribution in [0.25, 0.3) is 21.8 Å². The van der Waals surface area contributed by atoms with Gasteiger partial charge in [0.25, 0.3) is 0 Å². The van der Waals surface area contributed by atoms with Crippen LogP contribution in [0.3, 0.4) is 0 Å². The Balaban J connectivity index is 1.76. The predicted octanol–water partition coefficient (Wildman–Crippen LogP) is 2.02. The Labute approximate surface area is 161 Å². The minimum absolute atomic E-state index is 0.0689. The number of hydrogen-bond acceptors (Lipinski definition) is 4. The maximum absolute atomic E-state index is 13.8. The highest BCUT2D eigenvalue weighted by atomic mass is 32.2. The summed E-state index contributed by atoms with van der Waals surface area (Å²) in [6.07, 6.45) is 0. The lowest BCUT2D eigenvalue weighted by Gasteiger charge is -2.34. The Morgan fingerprint density at radius 2 is 1.64 bits per heavy atom. The van der Waals surface area contributed by atoms with Crippen molar-refractivity contribution >= 4 is 31.8 Å². The fourth-order valence-corrected chi connectivity index (χ4v) is 5.23. The van der Waals surface area contributed by atoms with Gasteiger partial charge in [0.1, 0.15) is 17.5 Å². The van der Waals surface area contributed by atoms with Crippen molar-refractivity contribution in [3.8, 4) is 0 Å². The van der Waals surface area contributed by atoms with Gasteiger partial charge in [0, 0.05) is 41.4 Å². The zero-order valence-electron chi connectivity index (χ0n) is 15.3. The largest absolute Gasteiger partial charge is 0.387 e. The first kappa shape index (κ1) is 19.3. The van der Waals surface area contributed by atoms with Crippen LogP contribution in [-0.2, 0) is 16.6 Å². The van der Waals surface area contributed by atoms with Gasteiger partial charge in [-0.3, -0.25) is 0 Å². The summed E-state index contributed by atoms with van der Waals surface area (Å²) in [7, 11) is -3.48. The molecule has 6 nitrogen and oxygen atoms in total. The molecule has 2 aromatic carbocycles. The molecule has 28 heavy (non-hydrogen) atoms. The fraction of sp³-hybridized carbons (Fsp3) is 0.368. The number of nitrogens with one attached hydrogen (secondary N) is 1. The average Bonchev–Trinajstić information content (AvgIpc) is 2.89. The molecule has 2 N–H and O–H groups in total. The molecule has 0 bridgehead atoms. The Bertz CT molecular complexity index is 1100. The van der Waals surface area contributed by atoms with E-state index < -0.39 is 27.3 Å². The van der Waals surface area contributed by atoms with E-state index in [-0.39, 0.29) is 25.5 Å². The van der Waals surface area contributed by atoms with Crippen molar-refractivity contribution in [2.75, 3.05) is 25.5 Å². The lowest BCUT2D eigenvalue weighted by atomic mass is 10.1. The van der Waals surface area contributed by atoms with Crippen molar-refractivity contribution in [1.82, 2.24) is 14.2 Å². The summed E-state index contributed by atoms with van der Waals surface area (Å²) in [6.45, 7) is 2.37. The van der Waals surface area contributed by atoms with Crippen LogP contribution in [-0.4, -0.2) is 53.5 Å². The number of fused-ring (bicyclic) bond motifs is 3. The van der Waals surface area contributed by atoms with Gasteiger partial charge < -0.3 is 15.0 Å². The topological polar surface area (TPSA) is 74.6 Å². The molecule has 0 aliphatic carbocycles. The van der Waals surface area contributed by atoms with Crippen LogP contribution in [0.5, 0.6) is 0 Å². The quantitative estimate of drug-likeness (QED) is 0.692. The number of rotatable bonds is 4. The van der Waals surface area contributed by atoms with Gasteiger partial charge in [-0.05, 0) is 43.3 Å². The van der Waals surface area contributed by atoms with E-state index in [1.807, 2.05) is 0 Å². The number of β-amino-alcohol motifs (C(OH)–C–C–N with tert-alkyl or cyclic N) is 1. The summed E-state index contributed by atoms with van der Waals surface area (Å²) >= 11 is 0. The minimum atomic E-state index is -3.48. The van der Waals surface area contributed by atoms with Gasteiger partial charge in [-0.2, -0.15) is 4.31 Å². The third-order valence-electron chi connectivity index (χ3n) is 5.02. The third kappa shape index (κ3) is 3.50. The lowest BCUT2D eigenvalue weighted by molar-refractivity contribution is 0.0254. The molecule has 150 valence electrons. The Morgan fingerprint density at radius 1 is 1.07 bits per heavy atom. The van der Waals surface area contributed by atoms with Crippen molar-refractivity contribution in [1.29, 1.82) is 0 Å². The molecule has 0 saturated carbocycles. The minimum Gasteiger partial charge on any atom is -0.387 e. The standard InChI is InChI=1S/C19H21F2N3O3S/c1-19(25,10-23-7-6-22-12-28(23,26)27)11-24-17-4-2-13(20)8-15(17)16-9-14(21)3-5-18(16)24/h2-5,8-9,22,25H,6-7,10-12H2,1H3. The summed E-state index contributed by atoms with van der Waals surface area (Å²) in [5, 5.41) is 14.9. The number of aromatic nitrogens is 1. The normalized spacial score (nSPS) is 19.9. The first-order valence-electron chi connectivity index (χ1n) is 8.94. The first-order chi connectivity index (χ1) is 13.2. The van der Waals surface area contributed by atoms with Gasteiger partial charge in [0.15, 0.2) is 0 Å². The van der Waals surface area contributed by atoms with Crippen LogP contribution in [0.2, 0.25) is 0 Å². The first-order valence-corrected chi connectivity index (χ1v) is 10.6. The van der Waals surface area contributed by atoms with Crippen molar-refractivity contribution in [2.24, 2.45) is 0 Å². The van der Waals surface area contributed by atoms with Gasteiger partial charge in [-0.15, -0.1) is 0 Å². The van der Waals surface area contributed by atoms with Crippen LogP contribution in [0, 0.1) is 11.6 Å². The van der Waals surface area contributed by atoms with Crippen molar-refractivity contribution in [2.45, 2.75) is 19.1 Å². The molecule has 3 aromatic rings. The molecule has 1 unspecified atom stereocenters. The second-order valence-corrected chi connectivity index (χ2v) is 9.46. The molecule has 2 heterocycles. The SMILES string of the molecule is CC(O)(CN1CCNCS1(=O)=O)Cn1c2ccc(F)cc2c2cc(F)ccc21. The van der Waals surface area contributed by atoms with E-state index in [2.05, 4.69) is 5.32 Å². The molecule has 1 aromatic heterocycles. The zero-order valence-corrected chi connectivity index (χ0v) is 16.1. The van der Waals surface area contributed by atoms with Crippen molar-refractivity contribution in [3.05, 3.63) is 48.0 Å². The number of benzene rings is 2. The van der Waals surface area contributed by atoms with Gasteiger partial charge >= 0.3 is 0 Å². The van der Waals surface area contributed by atoms with Gasteiger partial charge in [0.2, 0.25) is 10.0 Å². The van der Waals surface area contributed by atoms with Gasteiger partial charge in [-0.25, -0.2) is 17.2 Å². The summed E-state index contributed by atoms with van der Waals surface area (Å²) in [6, 6.07) is 8.46. The lowest BCUT2D eigenvalue weighted by Crippen LogP contribution is -2.53. The number of aliphatic hydroxyl groups is 1. The summed E-state index contributed by atoms with van der Waals surface area (Å²) < 4.78 is 55.0. The molecular formula is C19H21F2N3O3S. The molecule has 1 aliphatic heterocycles. The molecule has 9 heteroatoms. The van der Waals surface area contributed by atoms with E-state index in [9.17, 15) is 22.3 Å². The maximum Gasteiger partial charge on any atom is 0.227 e. The predicted molar refractivity (Wildman–Crippen MR) is 103 cm³/mol. The molecule has 1 aliphatic rings. The molecule has 4 rings (SSSR count).